The van der Waals surface area contributed by atoms with Crippen LogP contribution in [0.25, 0.3) is 0 Å². The molecule has 1 aliphatic carbocycles. The fourth-order valence-electron chi connectivity index (χ4n) is 5.00. The quantitative estimate of drug-likeness (QED) is 0.441. The Labute approximate surface area is 160 Å². The van der Waals surface area contributed by atoms with Gasteiger partial charge in [-0.3, -0.25) is 0 Å². The number of hydrogen-bond acceptors (Lipinski definition) is 0. The Hall–Kier alpha value is -0.343. The Bertz CT molecular complexity index is 531. The minimum Gasteiger partial charge on any atom is -0.205 e. The molecule has 1 saturated carbocycles. The average molecular weight is 380 g/mol. The van der Waals surface area contributed by atoms with Crippen molar-refractivity contribution in [2.24, 2.45) is 11.8 Å². The molecule has 0 spiro atoms. The van der Waals surface area contributed by atoms with Crippen molar-refractivity contribution in [2.75, 3.05) is 0 Å². The van der Waals surface area contributed by atoms with E-state index in [-0.39, 0.29) is 19.6 Å². The summed E-state index contributed by atoms with van der Waals surface area (Å²) in [7, 11) is 0.0422. The zero-order valence-corrected chi connectivity index (χ0v) is 17.5. The van der Waals surface area contributed by atoms with Crippen molar-refractivity contribution in [3.63, 3.8) is 0 Å². The molecular weight excluding hydrogens is 347 g/mol. The van der Waals surface area contributed by atoms with Gasteiger partial charge in [-0.05, 0) is 61.1 Å². The van der Waals surface area contributed by atoms with Gasteiger partial charge in [0.05, 0.1) is 5.02 Å². The van der Waals surface area contributed by atoms with Crippen LogP contribution in [0.1, 0.15) is 76.2 Å². The van der Waals surface area contributed by atoms with Crippen LogP contribution in [-0.4, -0.2) is 8.80 Å². The lowest BCUT2D eigenvalue weighted by Crippen LogP contribution is -2.22. The highest BCUT2D eigenvalue weighted by Crippen LogP contribution is 2.40. The van der Waals surface area contributed by atoms with Crippen LogP contribution in [0, 0.1) is 17.7 Å². The first-order valence-corrected chi connectivity index (χ1v) is 12.9. The molecule has 1 aromatic carbocycles. The highest BCUT2D eigenvalue weighted by Gasteiger charge is 2.25. The van der Waals surface area contributed by atoms with Crippen LogP contribution in [0.15, 0.2) is 18.2 Å². The van der Waals surface area contributed by atoms with Gasteiger partial charge in [-0.15, -0.1) is 0 Å². The van der Waals surface area contributed by atoms with Crippen LogP contribution in [-0.2, 0) is 0 Å². The summed E-state index contributed by atoms with van der Waals surface area (Å²) >= 11 is 5.81. The van der Waals surface area contributed by atoms with Crippen molar-refractivity contribution in [2.45, 2.75) is 88.8 Å². The second-order valence-electron chi connectivity index (χ2n) is 8.41. The van der Waals surface area contributed by atoms with E-state index in [2.05, 4.69) is 6.92 Å². The minimum absolute atomic E-state index is 0.0422. The van der Waals surface area contributed by atoms with Crippen LogP contribution < -0.4 is 0 Å². The van der Waals surface area contributed by atoms with Crippen molar-refractivity contribution in [1.82, 2.24) is 0 Å². The van der Waals surface area contributed by atoms with Gasteiger partial charge in [-0.2, -0.15) is 0 Å². The van der Waals surface area contributed by atoms with Crippen molar-refractivity contribution >= 4 is 20.4 Å². The van der Waals surface area contributed by atoms with E-state index in [9.17, 15) is 4.39 Å². The molecular formula is C22H33ClFSi. The zero-order valence-electron chi connectivity index (χ0n) is 15.7. The van der Waals surface area contributed by atoms with E-state index in [4.69, 9.17) is 11.6 Å². The standard InChI is InChI=1S/C22H33ClFSi/c1-2-13-25-14-11-18(12-15-25)4-3-17-5-7-19(8-6-17)20-9-10-21(23)22(24)16-20/h9-10,16-19H,2-8,11-15H2,1H3. The number of rotatable bonds is 6. The molecule has 1 aromatic rings. The Kier molecular flexibility index (Phi) is 7.42. The Balaban J connectivity index is 1.37. The molecule has 25 heavy (non-hydrogen) atoms. The summed E-state index contributed by atoms with van der Waals surface area (Å²) in [5.41, 5.74) is 1.15. The van der Waals surface area contributed by atoms with E-state index < -0.39 is 0 Å². The summed E-state index contributed by atoms with van der Waals surface area (Å²) in [6.45, 7) is 2.35. The molecule has 0 bridgehead atoms. The van der Waals surface area contributed by atoms with Gasteiger partial charge >= 0.3 is 0 Å². The summed E-state index contributed by atoms with van der Waals surface area (Å²) in [5.74, 6) is 2.21. The summed E-state index contributed by atoms with van der Waals surface area (Å²) in [4.78, 5) is 0. The molecule has 0 nitrogen and oxygen atoms in total. The van der Waals surface area contributed by atoms with E-state index >= 15 is 0 Å². The Morgan fingerprint density at radius 3 is 2.24 bits per heavy atom. The van der Waals surface area contributed by atoms with E-state index in [1.807, 2.05) is 6.07 Å². The van der Waals surface area contributed by atoms with E-state index in [0.29, 0.717) is 5.92 Å². The largest absolute Gasteiger partial charge is 0.205 e. The molecule has 1 aliphatic heterocycles. The second kappa shape index (κ2) is 9.55. The molecule has 0 atom stereocenters. The zero-order chi connectivity index (χ0) is 17.6. The first-order valence-electron chi connectivity index (χ1n) is 10.4. The molecule has 0 aromatic heterocycles. The van der Waals surface area contributed by atoms with Crippen molar-refractivity contribution in [3.05, 3.63) is 34.6 Å². The van der Waals surface area contributed by atoms with Crippen molar-refractivity contribution in [1.29, 1.82) is 0 Å². The molecule has 0 amide bonds. The van der Waals surface area contributed by atoms with Gasteiger partial charge in [0.15, 0.2) is 0 Å². The molecule has 1 saturated heterocycles. The Morgan fingerprint density at radius 2 is 1.64 bits per heavy atom. The monoisotopic (exact) mass is 379 g/mol. The van der Waals surface area contributed by atoms with Crippen LogP contribution >= 0.6 is 11.6 Å². The third kappa shape index (κ3) is 5.56. The second-order valence-corrected chi connectivity index (χ2v) is 11.8. The third-order valence-corrected chi connectivity index (χ3v) is 10.2. The van der Waals surface area contributed by atoms with Crippen molar-refractivity contribution < 1.29 is 4.39 Å². The Morgan fingerprint density at radius 1 is 1.00 bits per heavy atom. The van der Waals surface area contributed by atoms with Gasteiger partial charge in [-0.1, -0.05) is 74.8 Å². The van der Waals surface area contributed by atoms with Crippen LogP contribution in [0.5, 0.6) is 0 Å². The van der Waals surface area contributed by atoms with Crippen LogP contribution in [0.2, 0.25) is 23.2 Å². The maximum absolute atomic E-state index is 13.7. The van der Waals surface area contributed by atoms with Gasteiger partial charge < -0.3 is 0 Å². The molecule has 0 N–H and O–H groups in total. The molecule has 1 radical (unpaired) electrons. The van der Waals surface area contributed by atoms with Crippen LogP contribution in [0.4, 0.5) is 4.39 Å². The summed E-state index contributed by atoms with van der Waals surface area (Å²) in [6.07, 6.45) is 12.4. The molecule has 3 heteroatoms. The molecule has 1 heterocycles. The smallest absolute Gasteiger partial charge is 0.142 e. The summed E-state index contributed by atoms with van der Waals surface area (Å²) in [5, 5.41) is 0.244. The fraction of sp³-hybridized carbons (Fsp3) is 0.727. The number of halogens is 2. The summed E-state index contributed by atoms with van der Waals surface area (Å²) in [6, 6.07) is 10.1. The lowest BCUT2D eigenvalue weighted by atomic mass is 9.76. The molecule has 139 valence electrons. The van der Waals surface area contributed by atoms with Crippen LogP contribution in [0.3, 0.4) is 0 Å². The maximum Gasteiger partial charge on any atom is 0.142 e. The van der Waals surface area contributed by atoms with Crippen molar-refractivity contribution in [3.8, 4) is 0 Å². The first kappa shape index (κ1) is 19.4. The lowest BCUT2D eigenvalue weighted by Gasteiger charge is -2.31. The molecule has 2 aliphatic rings. The summed E-state index contributed by atoms with van der Waals surface area (Å²) < 4.78 is 13.7. The topological polar surface area (TPSA) is 0 Å². The maximum atomic E-state index is 13.7. The van der Waals surface area contributed by atoms with E-state index in [0.717, 1.165) is 17.4 Å². The molecule has 2 fully saturated rings. The number of hydrogen-bond donors (Lipinski definition) is 0. The molecule has 0 unspecified atom stereocenters. The predicted octanol–water partition coefficient (Wildman–Crippen LogP) is 7.85. The normalized spacial score (nSPS) is 26.0. The SMILES string of the molecule is CCC[Si]1CCC(CCC2CCC(c3ccc(Cl)c(F)c3)CC2)CC1. The van der Waals surface area contributed by atoms with E-state index in [1.54, 1.807) is 30.3 Å². The van der Waals surface area contributed by atoms with Gasteiger partial charge in [0, 0.05) is 8.80 Å². The minimum atomic E-state index is -0.262. The fourth-order valence-corrected chi connectivity index (χ4v) is 8.21. The van der Waals surface area contributed by atoms with E-state index in [1.165, 1.54) is 57.8 Å². The average Bonchev–Trinajstić information content (AvgIpc) is 2.64. The van der Waals surface area contributed by atoms with Gasteiger partial charge in [0.25, 0.3) is 0 Å². The molecule has 3 rings (SSSR count). The van der Waals surface area contributed by atoms with Gasteiger partial charge in [0.2, 0.25) is 0 Å². The van der Waals surface area contributed by atoms with Gasteiger partial charge in [-0.25, -0.2) is 4.39 Å². The third-order valence-electron chi connectivity index (χ3n) is 6.66. The predicted molar refractivity (Wildman–Crippen MR) is 109 cm³/mol. The number of benzene rings is 1. The first-order chi connectivity index (χ1) is 12.2. The lowest BCUT2D eigenvalue weighted by molar-refractivity contribution is 0.280. The highest BCUT2D eigenvalue weighted by atomic mass is 35.5. The van der Waals surface area contributed by atoms with Gasteiger partial charge in [0.1, 0.15) is 5.82 Å². The highest BCUT2D eigenvalue weighted by molar-refractivity contribution is 6.58.